The minimum absolute atomic E-state index is 0.0794. The lowest BCUT2D eigenvalue weighted by atomic mass is 10.0. The summed E-state index contributed by atoms with van der Waals surface area (Å²) >= 11 is 0. The molecule has 2 aliphatic rings. The Balaban J connectivity index is 1.66. The van der Waals surface area contributed by atoms with Crippen LogP contribution in [0.3, 0.4) is 0 Å². The van der Waals surface area contributed by atoms with Gasteiger partial charge in [-0.05, 0) is 47.2 Å². The third-order valence-electron chi connectivity index (χ3n) is 6.26. The third-order valence-corrected chi connectivity index (χ3v) is 6.26. The van der Waals surface area contributed by atoms with Gasteiger partial charge >= 0.3 is 0 Å². The highest BCUT2D eigenvalue weighted by Gasteiger charge is 2.33. The second-order valence-electron chi connectivity index (χ2n) is 8.06. The molecule has 2 aromatic heterocycles. The number of nitrogens with one attached hydrogen (secondary N) is 1. The number of pyridine rings is 1. The van der Waals surface area contributed by atoms with Gasteiger partial charge in [0.1, 0.15) is 6.04 Å². The van der Waals surface area contributed by atoms with Gasteiger partial charge in [0.2, 0.25) is 0 Å². The number of morpholine rings is 1. The van der Waals surface area contributed by atoms with E-state index in [1.165, 1.54) is 12.8 Å². The number of hydrogen-bond donors (Lipinski definition) is 1. The Kier molecular flexibility index (Phi) is 4.89. The maximum atomic E-state index is 13.2. The predicted octanol–water partition coefficient (Wildman–Crippen LogP) is 2.36. The van der Waals surface area contributed by atoms with E-state index < -0.39 is 0 Å². The maximum absolute atomic E-state index is 13.2. The van der Waals surface area contributed by atoms with Crippen molar-refractivity contribution in [1.82, 2.24) is 30.1 Å². The molecule has 8 heteroatoms. The van der Waals surface area contributed by atoms with Crippen molar-refractivity contribution >= 4 is 10.9 Å². The molecular weight excluding hydrogens is 368 g/mol. The van der Waals surface area contributed by atoms with Crippen LogP contribution in [0.5, 0.6) is 0 Å². The quantitative estimate of drug-likeness (QED) is 0.731. The number of H-pyrrole nitrogens is 1. The van der Waals surface area contributed by atoms with Crippen LogP contribution >= 0.6 is 0 Å². The third kappa shape index (κ3) is 3.36. The highest BCUT2D eigenvalue weighted by Crippen LogP contribution is 2.34. The van der Waals surface area contributed by atoms with Gasteiger partial charge in [-0.3, -0.25) is 9.69 Å². The lowest BCUT2D eigenvalue weighted by Crippen LogP contribution is -2.42. The van der Waals surface area contributed by atoms with E-state index in [0.717, 1.165) is 48.2 Å². The molecule has 3 heterocycles. The summed E-state index contributed by atoms with van der Waals surface area (Å²) in [5, 5.41) is 13.8. The summed E-state index contributed by atoms with van der Waals surface area (Å²) in [6, 6.07) is 8.10. The van der Waals surface area contributed by atoms with Gasteiger partial charge in [0, 0.05) is 18.7 Å². The van der Waals surface area contributed by atoms with Gasteiger partial charge in [-0.15, -0.1) is 5.10 Å². The number of rotatable bonds is 4. The lowest BCUT2D eigenvalue weighted by Gasteiger charge is -2.34. The van der Waals surface area contributed by atoms with Crippen molar-refractivity contribution in [2.75, 3.05) is 26.3 Å². The number of aryl methyl sites for hydroxylation is 1. The average Bonchev–Trinajstić information content (AvgIpc) is 3.42. The van der Waals surface area contributed by atoms with Crippen molar-refractivity contribution in [3.63, 3.8) is 0 Å². The molecule has 5 rings (SSSR count). The zero-order chi connectivity index (χ0) is 19.8. The molecule has 1 aromatic carbocycles. The lowest BCUT2D eigenvalue weighted by molar-refractivity contribution is 0.0211. The van der Waals surface area contributed by atoms with Crippen LogP contribution in [0.25, 0.3) is 10.9 Å². The fourth-order valence-electron chi connectivity index (χ4n) is 4.73. The van der Waals surface area contributed by atoms with E-state index in [1.54, 1.807) is 0 Å². The molecule has 8 nitrogen and oxygen atoms in total. The second-order valence-corrected chi connectivity index (χ2v) is 8.06. The molecule has 1 aliphatic carbocycles. The minimum Gasteiger partial charge on any atom is -0.379 e. The molecule has 1 saturated heterocycles. The first kappa shape index (κ1) is 18.4. The molecule has 3 aromatic rings. The van der Waals surface area contributed by atoms with Gasteiger partial charge in [-0.1, -0.05) is 31.0 Å². The summed E-state index contributed by atoms with van der Waals surface area (Å²) < 4.78 is 7.53. The standard InChI is InChI=1S/C21H26N6O2/c1-14-5-4-6-15-13-17(21(28)22-18(14)15)19(26-9-11-29-12-10-26)20-23-24-25-27(20)16-7-2-3-8-16/h4-6,13,16,19H,2-3,7-12H2,1H3,(H,22,28)/t19-/m1/s1. The summed E-state index contributed by atoms with van der Waals surface area (Å²) in [5.41, 5.74) is 2.56. The second kappa shape index (κ2) is 7.68. The molecule has 1 N–H and O–H groups in total. The van der Waals surface area contributed by atoms with Gasteiger partial charge in [0.05, 0.1) is 24.8 Å². The van der Waals surface area contributed by atoms with Crippen LogP contribution in [-0.2, 0) is 4.74 Å². The number of aromatic nitrogens is 5. The van der Waals surface area contributed by atoms with Crippen molar-refractivity contribution in [3.05, 3.63) is 51.6 Å². The smallest absolute Gasteiger partial charge is 0.253 e. The highest BCUT2D eigenvalue weighted by molar-refractivity contribution is 5.82. The number of hydrogen-bond acceptors (Lipinski definition) is 6. The largest absolute Gasteiger partial charge is 0.379 e. The van der Waals surface area contributed by atoms with E-state index in [-0.39, 0.29) is 11.6 Å². The molecule has 0 amide bonds. The molecule has 0 spiro atoms. The molecule has 152 valence electrons. The summed E-state index contributed by atoms with van der Waals surface area (Å²) in [4.78, 5) is 18.6. The molecule has 1 atom stereocenters. The Labute approximate surface area is 168 Å². The Hall–Kier alpha value is -2.58. The van der Waals surface area contributed by atoms with E-state index in [1.807, 2.05) is 35.9 Å². The Morgan fingerprint density at radius 2 is 2.00 bits per heavy atom. The minimum atomic E-state index is -0.289. The summed E-state index contributed by atoms with van der Waals surface area (Å²) in [5.74, 6) is 0.760. The van der Waals surface area contributed by atoms with Gasteiger partial charge in [-0.2, -0.15) is 0 Å². The van der Waals surface area contributed by atoms with E-state index >= 15 is 0 Å². The number of para-hydroxylation sites is 1. The monoisotopic (exact) mass is 394 g/mol. The Morgan fingerprint density at radius 1 is 1.21 bits per heavy atom. The topological polar surface area (TPSA) is 88.9 Å². The molecule has 0 radical (unpaired) electrons. The Morgan fingerprint density at radius 3 is 2.79 bits per heavy atom. The zero-order valence-corrected chi connectivity index (χ0v) is 16.7. The first-order valence-corrected chi connectivity index (χ1v) is 10.4. The first-order chi connectivity index (χ1) is 14.2. The van der Waals surface area contributed by atoms with Crippen molar-refractivity contribution < 1.29 is 4.74 Å². The van der Waals surface area contributed by atoms with Crippen LogP contribution in [0, 0.1) is 6.92 Å². The van der Waals surface area contributed by atoms with Crippen molar-refractivity contribution in [3.8, 4) is 0 Å². The van der Waals surface area contributed by atoms with Crippen LogP contribution in [0.2, 0.25) is 0 Å². The summed E-state index contributed by atoms with van der Waals surface area (Å²) in [6.07, 6.45) is 4.56. The van der Waals surface area contributed by atoms with E-state index in [2.05, 4.69) is 25.4 Å². The molecular formula is C21H26N6O2. The summed E-state index contributed by atoms with van der Waals surface area (Å²) in [7, 11) is 0. The fraction of sp³-hybridized carbons (Fsp3) is 0.524. The number of benzene rings is 1. The molecule has 0 bridgehead atoms. The van der Waals surface area contributed by atoms with Crippen molar-refractivity contribution in [2.24, 2.45) is 0 Å². The number of nitrogens with zero attached hydrogens (tertiary/aromatic N) is 5. The number of ether oxygens (including phenoxy) is 1. The number of fused-ring (bicyclic) bond motifs is 1. The highest BCUT2D eigenvalue weighted by atomic mass is 16.5. The van der Waals surface area contributed by atoms with E-state index in [4.69, 9.17) is 4.74 Å². The van der Waals surface area contributed by atoms with Crippen LogP contribution in [0.15, 0.2) is 29.1 Å². The van der Waals surface area contributed by atoms with Gasteiger partial charge < -0.3 is 9.72 Å². The average molecular weight is 394 g/mol. The fourth-order valence-corrected chi connectivity index (χ4v) is 4.73. The van der Waals surface area contributed by atoms with Crippen LogP contribution in [0.1, 0.15) is 54.7 Å². The molecule has 2 fully saturated rings. The van der Waals surface area contributed by atoms with Crippen molar-refractivity contribution in [1.29, 1.82) is 0 Å². The Bertz CT molecular complexity index is 1060. The molecule has 29 heavy (non-hydrogen) atoms. The van der Waals surface area contributed by atoms with Crippen molar-refractivity contribution in [2.45, 2.75) is 44.7 Å². The maximum Gasteiger partial charge on any atom is 0.253 e. The van der Waals surface area contributed by atoms with Crippen LogP contribution in [-0.4, -0.2) is 56.4 Å². The zero-order valence-electron chi connectivity index (χ0n) is 16.7. The molecule has 1 saturated carbocycles. The summed E-state index contributed by atoms with van der Waals surface area (Å²) in [6.45, 7) is 4.79. The van der Waals surface area contributed by atoms with E-state index in [9.17, 15) is 4.79 Å². The molecule has 1 aliphatic heterocycles. The van der Waals surface area contributed by atoms with Gasteiger partial charge in [-0.25, -0.2) is 4.68 Å². The number of aromatic amines is 1. The van der Waals surface area contributed by atoms with Gasteiger partial charge in [0.15, 0.2) is 5.82 Å². The van der Waals surface area contributed by atoms with Gasteiger partial charge in [0.25, 0.3) is 5.56 Å². The number of tetrazole rings is 1. The van der Waals surface area contributed by atoms with Crippen LogP contribution in [0.4, 0.5) is 0 Å². The first-order valence-electron chi connectivity index (χ1n) is 10.4. The predicted molar refractivity (Wildman–Crippen MR) is 109 cm³/mol. The van der Waals surface area contributed by atoms with Crippen LogP contribution < -0.4 is 5.56 Å². The van der Waals surface area contributed by atoms with E-state index in [0.29, 0.717) is 24.8 Å². The normalized spacial score (nSPS) is 19.8. The SMILES string of the molecule is Cc1cccc2cc([C@H](c3nnnn3C3CCCC3)N3CCOCC3)c(=O)[nH]c12. The molecule has 0 unspecified atom stereocenters.